The number of likely N-dealkylation sites (N-methyl/N-ethyl adjacent to an activating group) is 1. The van der Waals surface area contributed by atoms with Gasteiger partial charge in [0.2, 0.25) is 5.91 Å². The van der Waals surface area contributed by atoms with E-state index in [0.717, 1.165) is 30.0 Å². The second-order valence-corrected chi connectivity index (χ2v) is 5.10. The molecule has 0 radical (unpaired) electrons. The van der Waals surface area contributed by atoms with Gasteiger partial charge < -0.3 is 15.5 Å². The Morgan fingerprint density at radius 2 is 2.10 bits per heavy atom. The molecule has 1 aromatic rings. The molecule has 0 aromatic carbocycles. The Hall–Kier alpha value is -1.85. The molecule has 0 saturated carbocycles. The molecule has 0 fully saturated rings. The Morgan fingerprint density at radius 3 is 2.65 bits per heavy atom. The highest BCUT2D eigenvalue weighted by Crippen LogP contribution is 2.23. The Balaban J connectivity index is 2.91. The fourth-order valence-corrected chi connectivity index (χ4v) is 2.09. The van der Waals surface area contributed by atoms with Crippen LogP contribution in [-0.4, -0.2) is 42.6 Å². The van der Waals surface area contributed by atoms with Crippen LogP contribution in [0.5, 0.6) is 0 Å². The second kappa shape index (κ2) is 7.67. The lowest BCUT2D eigenvalue weighted by atomic mass is 10.1. The summed E-state index contributed by atoms with van der Waals surface area (Å²) in [5.41, 5.74) is 1.05. The summed E-state index contributed by atoms with van der Waals surface area (Å²) in [6.45, 7) is 6.30. The highest BCUT2D eigenvalue weighted by molar-refractivity contribution is 5.81. The Labute approximate surface area is 121 Å². The van der Waals surface area contributed by atoms with E-state index < -0.39 is 0 Å². The highest BCUT2D eigenvalue weighted by Gasteiger charge is 2.16. The minimum Gasteiger partial charge on any atom is -0.373 e. The lowest BCUT2D eigenvalue weighted by Crippen LogP contribution is -2.39. The van der Waals surface area contributed by atoms with Gasteiger partial charge in [-0.25, -0.2) is 9.97 Å². The van der Waals surface area contributed by atoms with E-state index in [-0.39, 0.29) is 18.5 Å². The number of rotatable bonds is 7. The van der Waals surface area contributed by atoms with Crippen LogP contribution in [0, 0.1) is 0 Å². The van der Waals surface area contributed by atoms with Crippen LogP contribution in [0.3, 0.4) is 0 Å². The zero-order chi connectivity index (χ0) is 15.1. The van der Waals surface area contributed by atoms with E-state index in [1.54, 1.807) is 0 Å². The SMILES string of the molecule is CCCc1c(NC)ncnc1N(C)CC(=O)NC(C)C. The lowest BCUT2D eigenvalue weighted by molar-refractivity contribution is -0.120. The van der Waals surface area contributed by atoms with Gasteiger partial charge in [-0.1, -0.05) is 13.3 Å². The van der Waals surface area contributed by atoms with Crippen LogP contribution in [0.25, 0.3) is 0 Å². The average Bonchev–Trinajstić information content (AvgIpc) is 2.38. The number of carbonyl (C=O) groups is 1. The van der Waals surface area contributed by atoms with Crippen molar-refractivity contribution in [1.82, 2.24) is 15.3 Å². The predicted molar refractivity (Wildman–Crippen MR) is 82.1 cm³/mol. The number of hydrogen-bond acceptors (Lipinski definition) is 5. The largest absolute Gasteiger partial charge is 0.373 e. The van der Waals surface area contributed by atoms with E-state index in [9.17, 15) is 4.79 Å². The van der Waals surface area contributed by atoms with Crippen molar-refractivity contribution in [2.75, 3.05) is 30.9 Å². The van der Waals surface area contributed by atoms with Crippen molar-refractivity contribution in [2.45, 2.75) is 39.7 Å². The van der Waals surface area contributed by atoms with E-state index in [2.05, 4.69) is 27.5 Å². The summed E-state index contributed by atoms with van der Waals surface area (Å²) < 4.78 is 0. The minimum atomic E-state index is -0.00503. The summed E-state index contributed by atoms with van der Waals surface area (Å²) in [6.07, 6.45) is 3.40. The van der Waals surface area contributed by atoms with Gasteiger partial charge in [0, 0.05) is 25.7 Å². The van der Waals surface area contributed by atoms with E-state index in [0.29, 0.717) is 0 Å². The van der Waals surface area contributed by atoms with Crippen molar-refractivity contribution in [1.29, 1.82) is 0 Å². The molecule has 0 unspecified atom stereocenters. The fraction of sp³-hybridized carbons (Fsp3) is 0.643. The topological polar surface area (TPSA) is 70.2 Å². The van der Waals surface area contributed by atoms with Crippen molar-refractivity contribution in [3.63, 3.8) is 0 Å². The normalized spacial score (nSPS) is 10.5. The van der Waals surface area contributed by atoms with Gasteiger partial charge in [-0.15, -0.1) is 0 Å². The monoisotopic (exact) mass is 279 g/mol. The molecule has 0 atom stereocenters. The molecule has 1 aromatic heterocycles. The van der Waals surface area contributed by atoms with Crippen LogP contribution >= 0.6 is 0 Å². The lowest BCUT2D eigenvalue weighted by Gasteiger charge is -2.22. The first-order valence-corrected chi connectivity index (χ1v) is 7.01. The molecule has 0 aliphatic heterocycles. The summed E-state index contributed by atoms with van der Waals surface area (Å²) >= 11 is 0. The standard InChI is InChI=1S/C14H25N5O/c1-6-7-11-13(15-4)16-9-17-14(11)19(5)8-12(20)18-10(2)3/h9-10H,6-8H2,1-5H3,(H,18,20)(H,15,16,17). The third-order valence-corrected chi connectivity index (χ3v) is 2.85. The zero-order valence-corrected chi connectivity index (χ0v) is 13.0. The quantitative estimate of drug-likeness (QED) is 0.790. The van der Waals surface area contributed by atoms with Crippen LogP contribution in [0.2, 0.25) is 0 Å². The van der Waals surface area contributed by atoms with Crippen molar-refractivity contribution >= 4 is 17.5 Å². The summed E-state index contributed by atoms with van der Waals surface area (Å²) in [4.78, 5) is 22.3. The van der Waals surface area contributed by atoms with E-state index in [1.165, 1.54) is 6.33 Å². The third kappa shape index (κ3) is 4.36. The van der Waals surface area contributed by atoms with E-state index in [1.807, 2.05) is 32.8 Å². The molecule has 0 saturated heterocycles. The molecule has 1 heterocycles. The van der Waals surface area contributed by atoms with Gasteiger partial charge in [-0.2, -0.15) is 0 Å². The number of hydrogen-bond donors (Lipinski definition) is 2. The molecule has 6 heteroatoms. The predicted octanol–water partition coefficient (Wildman–Crippen LogP) is 1.43. The van der Waals surface area contributed by atoms with Gasteiger partial charge in [0.1, 0.15) is 18.0 Å². The zero-order valence-electron chi connectivity index (χ0n) is 13.0. The summed E-state index contributed by atoms with van der Waals surface area (Å²) in [5.74, 6) is 1.63. The molecule has 20 heavy (non-hydrogen) atoms. The number of nitrogens with zero attached hydrogens (tertiary/aromatic N) is 3. The molecule has 0 bridgehead atoms. The fourth-order valence-electron chi connectivity index (χ4n) is 2.09. The average molecular weight is 279 g/mol. The molecule has 1 amide bonds. The minimum absolute atomic E-state index is 0.00503. The first-order chi connectivity index (χ1) is 9.49. The Morgan fingerprint density at radius 1 is 1.40 bits per heavy atom. The number of carbonyl (C=O) groups excluding carboxylic acids is 1. The van der Waals surface area contributed by atoms with Gasteiger partial charge in [0.15, 0.2) is 0 Å². The maximum Gasteiger partial charge on any atom is 0.239 e. The maximum atomic E-state index is 11.8. The van der Waals surface area contributed by atoms with Gasteiger partial charge in [-0.3, -0.25) is 4.79 Å². The van der Waals surface area contributed by atoms with Crippen LogP contribution in [-0.2, 0) is 11.2 Å². The summed E-state index contributed by atoms with van der Waals surface area (Å²) in [7, 11) is 3.72. The summed E-state index contributed by atoms with van der Waals surface area (Å²) in [5, 5.41) is 5.97. The van der Waals surface area contributed by atoms with Crippen molar-refractivity contribution in [2.24, 2.45) is 0 Å². The molecule has 0 spiro atoms. The van der Waals surface area contributed by atoms with Crippen LogP contribution < -0.4 is 15.5 Å². The molecular weight excluding hydrogens is 254 g/mol. The number of aromatic nitrogens is 2. The number of amides is 1. The van der Waals surface area contributed by atoms with Crippen molar-refractivity contribution in [3.8, 4) is 0 Å². The number of anilines is 2. The molecule has 2 N–H and O–H groups in total. The smallest absolute Gasteiger partial charge is 0.239 e. The van der Waals surface area contributed by atoms with Gasteiger partial charge in [0.05, 0.1) is 6.54 Å². The molecule has 112 valence electrons. The molecule has 0 aliphatic carbocycles. The van der Waals surface area contributed by atoms with Gasteiger partial charge in [-0.05, 0) is 20.3 Å². The van der Waals surface area contributed by atoms with E-state index in [4.69, 9.17) is 0 Å². The number of nitrogens with one attached hydrogen (secondary N) is 2. The summed E-state index contributed by atoms with van der Waals surface area (Å²) in [6, 6.07) is 0.143. The maximum absolute atomic E-state index is 11.8. The molecular formula is C14H25N5O. The first kappa shape index (κ1) is 16.2. The second-order valence-electron chi connectivity index (χ2n) is 5.10. The van der Waals surface area contributed by atoms with Gasteiger partial charge in [0.25, 0.3) is 0 Å². The molecule has 0 aliphatic rings. The van der Waals surface area contributed by atoms with Crippen molar-refractivity contribution < 1.29 is 4.79 Å². The third-order valence-electron chi connectivity index (χ3n) is 2.85. The molecule has 1 rings (SSSR count). The first-order valence-electron chi connectivity index (χ1n) is 7.01. The van der Waals surface area contributed by atoms with E-state index >= 15 is 0 Å². The van der Waals surface area contributed by atoms with Crippen LogP contribution in [0.4, 0.5) is 11.6 Å². The molecule has 6 nitrogen and oxygen atoms in total. The van der Waals surface area contributed by atoms with Crippen molar-refractivity contribution in [3.05, 3.63) is 11.9 Å². The Bertz CT molecular complexity index is 447. The highest BCUT2D eigenvalue weighted by atomic mass is 16.2. The van der Waals surface area contributed by atoms with Crippen LogP contribution in [0.1, 0.15) is 32.8 Å². The Kier molecular flexibility index (Phi) is 6.21. The van der Waals surface area contributed by atoms with Crippen LogP contribution in [0.15, 0.2) is 6.33 Å². The van der Waals surface area contributed by atoms with Gasteiger partial charge >= 0.3 is 0 Å².